The van der Waals surface area contributed by atoms with Crippen LogP contribution >= 0.6 is 11.8 Å². The van der Waals surface area contributed by atoms with Gasteiger partial charge in [0.2, 0.25) is 0 Å². The summed E-state index contributed by atoms with van der Waals surface area (Å²) in [6.45, 7) is 3.38. The molecule has 0 bridgehead atoms. The number of benzene rings is 2. The van der Waals surface area contributed by atoms with Crippen molar-refractivity contribution in [1.82, 2.24) is 25.5 Å². The van der Waals surface area contributed by atoms with Gasteiger partial charge < -0.3 is 4.90 Å². The summed E-state index contributed by atoms with van der Waals surface area (Å²) in [5.41, 5.74) is 1.89. The van der Waals surface area contributed by atoms with Gasteiger partial charge in [-0.1, -0.05) is 41.2 Å². The van der Waals surface area contributed by atoms with Crippen LogP contribution in [-0.4, -0.2) is 44.5 Å². The largest absolute Gasteiger partial charge is 0.338 e. The van der Waals surface area contributed by atoms with Gasteiger partial charge >= 0.3 is 0 Å². The molecule has 2 heterocycles. The van der Waals surface area contributed by atoms with E-state index in [0.717, 1.165) is 27.3 Å². The van der Waals surface area contributed by atoms with Crippen molar-refractivity contribution in [2.24, 2.45) is 0 Å². The fourth-order valence-corrected chi connectivity index (χ4v) is 4.23. The van der Waals surface area contributed by atoms with Gasteiger partial charge in [0.05, 0.1) is 5.56 Å². The molecule has 132 valence electrons. The molecule has 6 nitrogen and oxygen atoms in total. The van der Waals surface area contributed by atoms with Crippen LogP contribution in [0.15, 0.2) is 58.3 Å². The second-order valence-corrected chi connectivity index (χ2v) is 7.54. The van der Waals surface area contributed by atoms with E-state index in [2.05, 4.69) is 38.8 Å². The molecule has 0 saturated carbocycles. The highest BCUT2D eigenvalue weighted by atomic mass is 32.2. The maximum Gasteiger partial charge on any atom is 0.255 e. The molecule has 0 aliphatic carbocycles. The Balaban J connectivity index is 1.56. The molecule has 1 fully saturated rings. The number of hydrogen-bond donors (Lipinski definition) is 1. The first-order valence-corrected chi connectivity index (χ1v) is 9.38. The molecule has 1 aliphatic heterocycles. The fourth-order valence-electron chi connectivity index (χ4n) is 3.17. The molecule has 1 atom stereocenters. The lowest BCUT2D eigenvalue weighted by molar-refractivity contribution is 0.0787. The van der Waals surface area contributed by atoms with E-state index in [1.807, 2.05) is 42.2 Å². The number of carbonyl (C=O) groups excluding carboxylic acids is 1. The highest BCUT2D eigenvalue weighted by Gasteiger charge is 2.31. The molecule has 0 spiro atoms. The number of carbonyl (C=O) groups is 1. The first-order chi connectivity index (χ1) is 12.7. The van der Waals surface area contributed by atoms with Crippen molar-refractivity contribution in [2.45, 2.75) is 29.1 Å². The number of rotatable bonds is 4. The van der Waals surface area contributed by atoms with Gasteiger partial charge in [0.15, 0.2) is 5.82 Å². The number of hydrogen-bond acceptors (Lipinski definition) is 5. The first-order valence-electron chi connectivity index (χ1n) is 8.57. The van der Waals surface area contributed by atoms with Crippen molar-refractivity contribution in [3.05, 3.63) is 65.5 Å². The van der Waals surface area contributed by atoms with Crippen molar-refractivity contribution >= 4 is 17.7 Å². The summed E-state index contributed by atoms with van der Waals surface area (Å²) in [4.78, 5) is 17.1. The number of nitrogens with zero attached hydrogens (tertiary/aromatic N) is 4. The molecule has 1 aliphatic rings. The average Bonchev–Trinajstić information content (AvgIpc) is 3.34. The van der Waals surface area contributed by atoms with E-state index < -0.39 is 0 Å². The summed E-state index contributed by atoms with van der Waals surface area (Å²) in [6, 6.07) is 16.1. The molecule has 1 amide bonds. The molecule has 7 heteroatoms. The topological polar surface area (TPSA) is 74.8 Å². The summed E-state index contributed by atoms with van der Waals surface area (Å²) in [5.74, 6) is 0.894. The monoisotopic (exact) mass is 365 g/mol. The van der Waals surface area contributed by atoms with Gasteiger partial charge in [-0.05, 0) is 43.2 Å². The predicted octanol–water partition coefficient (Wildman–Crippen LogP) is 3.29. The maximum atomic E-state index is 13.1. The zero-order valence-corrected chi connectivity index (χ0v) is 15.2. The Morgan fingerprint density at radius 3 is 2.85 bits per heavy atom. The summed E-state index contributed by atoms with van der Waals surface area (Å²) < 4.78 is 0. The number of amides is 1. The van der Waals surface area contributed by atoms with E-state index in [1.54, 1.807) is 11.8 Å². The van der Waals surface area contributed by atoms with E-state index in [1.165, 1.54) is 0 Å². The Morgan fingerprint density at radius 2 is 2.08 bits per heavy atom. The normalized spacial score (nSPS) is 16.8. The lowest BCUT2D eigenvalue weighted by Gasteiger charge is -2.18. The van der Waals surface area contributed by atoms with E-state index >= 15 is 0 Å². The van der Waals surface area contributed by atoms with E-state index in [-0.39, 0.29) is 11.8 Å². The third-order valence-electron chi connectivity index (χ3n) is 4.54. The summed E-state index contributed by atoms with van der Waals surface area (Å²) in [7, 11) is 0. The first kappa shape index (κ1) is 16.8. The van der Waals surface area contributed by atoms with Crippen molar-refractivity contribution in [2.75, 3.05) is 13.1 Å². The van der Waals surface area contributed by atoms with Gasteiger partial charge in [-0.15, -0.1) is 10.2 Å². The lowest BCUT2D eigenvalue weighted by atomic mass is 10.1. The van der Waals surface area contributed by atoms with Crippen LogP contribution in [0.4, 0.5) is 0 Å². The van der Waals surface area contributed by atoms with E-state index in [4.69, 9.17) is 0 Å². The molecule has 1 N–H and O–H groups in total. The van der Waals surface area contributed by atoms with Crippen LogP contribution in [0.5, 0.6) is 0 Å². The third kappa shape index (κ3) is 3.48. The number of aryl methyl sites for hydroxylation is 1. The molecule has 2 aromatic carbocycles. The molecule has 1 saturated heterocycles. The highest BCUT2D eigenvalue weighted by molar-refractivity contribution is 7.99. The lowest BCUT2D eigenvalue weighted by Crippen LogP contribution is -2.29. The van der Waals surface area contributed by atoms with Crippen molar-refractivity contribution < 1.29 is 4.79 Å². The zero-order chi connectivity index (χ0) is 17.9. The fraction of sp³-hybridized carbons (Fsp3) is 0.263. The van der Waals surface area contributed by atoms with Crippen molar-refractivity contribution in [3.8, 4) is 0 Å². The van der Waals surface area contributed by atoms with Crippen LogP contribution in [-0.2, 0) is 0 Å². The number of tetrazole rings is 1. The molecule has 1 unspecified atom stereocenters. The zero-order valence-electron chi connectivity index (χ0n) is 14.4. The minimum Gasteiger partial charge on any atom is -0.338 e. The third-order valence-corrected chi connectivity index (χ3v) is 5.61. The number of H-pyrrole nitrogens is 1. The molecule has 1 aromatic heterocycles. The van der Waals surface area contributed by atoms with Crippen LogP contribution in [0.25, 0.3) is 0 Å². The Hall–Kier alpha value is -2.67. The second-order valence-electron chi connectivity index (χ2n) is 6.42. The van der Waals surface area contributed by atoms with Crippen LogP contribution < -0.4 is 0 Å². The van der Waals surface area contributed by atoms with E-state index in [9.17, 15) is 4.79 Å². The standard InChI is InChI=1S/C19H19N5OS/c1-13-7-8-16(17(11-13)26-15-5-3-2-4-6-15)19(25)24-10-9-14(12-24)18-20-22-23-21-18/h2-8,11,14H,9-10,12H2,1H3,(H,20,21,22,23). The molecular weight excluding hydrogens is 346 g/mol. The van der Waals surface area contributed by atoms with Gasteiger partial charge in [-0.25, -0.2) is 0 Å². The Morgan fingerprint density at radius 1 is 1.23 bits per heavy atom. The number of likely N-dealkylation sites (tertiary alicyclic amines) is 1. The minimum absolute atomic E-state index is 0.0643. The quantitative estimate of drug-likeness (QED) is 0.768. The molecule has 0 radical (unpaired) electrons. The summed E-state index contributed by atoms with van der Waals surface area (Å²) in [5, 5.41) is 14.2. The second kappa shape index (κ2) is 7.29. The van der Waals surface area contributed by atoms with Crippen molar-refractivity contribution in [3.63, 3.8) is 0 Å². The maximum absolute atomic E-state index is 13.1. The molecular formula is C19H19N5OS. The summed E-state index contributed by atoms with van der Waals surface area (Å²) >= 11 is 1.63. The van der Waals surface area contributed by atoms with Crippen molar-refractivity contribution in [1.29, 1.82) is 0 Å². The molecule has 3 aromatic rings. The Bertz CT molecular complexity index is 898. The highest BCUT2D eigenvalue weighted by Crippen LogP contribution is 2.33. The van der Waals surface area contributed by atoms with Crippen LogP contribution in [0.1, 0.15) is 34.1 Å². The average molecular weight is 365 g/mol. The molecule has 4 rings (SSSR count). The SMILES string of the molecule is Cc1ccc(C(=O)N2CCC(c3nn[nH]n3)C2)c(Sc2ccccc2)c1. The number of aromatic amines is 1. The van der Waals surface area contributed by atoms with Gasteiger partial charge in [0, 0.05) is 28.8 Å². The summed E-state index contributed by atoms with van der Waals surface area (Å²) in [6.07, 6.45) is 0.859. The number of nitrogens with one attached hydrogen (secondary N) is 1. The van der Waals surface area contributed by atoms with Crippen LogP contribution in [0.3, 0.4) is 0 Å². The van der Waals surface area contributed by atoms with Gasteiger partial charge in [0.1, 0.15) is 0 Å². The van der Waals surface area contributed by atoms with Crippen LogP contribution in [0.2, 0.25) is 0 Å². The smallest absolute Gasteiger partial charge is 0.255 e. The van der Waals surface area contributed by atoms with Gasteiger partial charge in [-0.2, -0.15) is 5.21 Å². The minimum atomic E-state index is 0.0643. The predicted molar refractivity (Wildman–Crippen MR) is 99.2 cm³/mol. The van der Waals surface area contributed by atoms with Gasteiger partial charge in [0.25, 0.3) is 5.91 Å². The Kier molecular flexibility index (Phi) is 4.71. The van der Waals surface area contributed by atoms with Crippen LogP contribution in [0, 0.1) is 6.92 Å². The Labute approximate surface area is 156 Å². The van der Waals surface area contributed by atoms with Gasteiger partial charge in [-0.3, -0.25) is 4.79 Å². The number of aromatic nitrogens is 4. The van der Waals surface area contributed by atoms with E-state index in [0.29, 0.717) is 18.9 Å². The molecule has 26 heavy (non-hydrogen) atoms.